The normalized spacial score (nSPS) is 22.4. The van der Waals surface area contributed by atoms with Crippen LogP contribution in [0.25, 0.3) is 0 Å². The molecule has 1 aliphatic heterocycles. The number of benzene rings is 2. The fraction of sp³-hybridized carbons (Fsp3) is 0.478. The largest absolute Gasteiger partial charge is 0.495 e. The molecule has 2 aromatic carbocycles. The Balaban J connectivity index is 1.65. The van der Waals surface area contributed by atoms with E-state index in [1.165, 1.54) is 17.2 Å². The lowest BCUT2D eigenvalue weighted by molar-refractivity contribution is 0.00578. The predicted molar refractivity (Wildman–Crippen MR) is 110 cm³/mol. The maximum absolute atomic E-state index is 14.8. The Morgan fingerprint density at radius 1 is 1.00 bits per heavy atom. The zero-order valence-electron chi connectivity index (χ0n) is 17.6. The van der Waals surface area contributed by atoms with Gasteiger partial charge < -0.3 is 14.0 Å². The molecule has 1 heterocycles. The van der Waals surface area contributed by atoms with Gasteiger partial charge in [0.1, 0.15) is 17.7 Å². The highest BCUT2D eigenvalue weighted by Gasteiger charge is 2.52. The molecular weight excluding hydrogens is 354 g/mol. The van der Waals surface area contributed by atoms with E-state index >= 15 is 0 Å². The molecule has 4 rings (SSSR count). The van der Waals surface area contributed by atoms with Crippen LogP contribution in [0.15, 0.2) is 30.3 Å². The van der Waals surface area contributed by atoms with Gasteiger partial charge in [-0.15, -0.1) is 0 Å². The van der Waals surface area contributed by atoms with E-state index in [2.05, 4.69) is 13.8 Å². The van der Waals surface area contributed by atoms with Gasteiger partial charge in [0, 0.05) is 5.56 Å². The fourth-order valence-corrected chi connectivity index (χ4v) is 3.96. The second kappa shape index (κ2) is 6.60. The zero-order chi connectivity index (χ0) is 20.3. The first-order valence-electron chi connectivity index (χ1n) is 10.00. The van der Waals surface area contributed by atoms with Crippen LogP contribution < -0.4 is 10.2 Å². The number of hydrogen-bond donors (Lipinski definition) is 0. The van der Waals surface area contributed by atoms with Gasteiger partial charge >= 0.3 is 7.12 Å². The van der Waals surface area contributed by atoms with E-state index < -0.39 is 18.3 Å². The van der Waals surface area contributed by atoms with Gasteiger partial charge in [-0.3, -0.25) is 0 Å². The maximum atomic E-state index is 14.8. The Morgan fingerprint density at radius 2 is 1.68 bits per heavy atom. The summed E-state index contributed by atoms with van der Waals surface area (Å²) in [7, 11) is -0.486. The molecule has 1 atom stereocenters. The van der Waals surface area contributed by atoms with E-state index in [4.69, 9.17) is 14.0 Å². The van der Waals surface area contributed by atoms with Crippen molar-refractivity contribution < 1.29 is 18.4 Å². The summed E-state index contributed by atoms with van der Waals surface area (Å²) in [5.74, 6) is 0.558. The van der Waals surface area contributed by atoms with Crippen LogP contribution in [0.1, 0.15) is 62.5 Å². The minimum Gasteiger partial charge on any atom is -0.486 e. The first-order chi connectivity index (χ1) is 13.1. The van der Waals surface area contributed by atoms with Gasteiger partial charge in [-0.2, -0.15) is 0 Å². The molecule has 148 valence electrons. The van der Waals surface area contributed by atoms with Crippen molar-refractivity contribution >= 4 is 12.6 Å². The van der Waals surface area contributed by atoms with Crippen LogP contribution in [-0.4, -0.2) is 18.3 Å². The van der Waals surface area contributed by atoms with Gasteiger partial charge in [0.15, 0.2) is 0 Å². The molecule has 3 nitrogen and oxygen atoms in total. The highest BCUT2D eigenvalue weighted by atomic mass is 19.1. The second-order valence-corrected chi connectivity index (χ2v) is 9.01. The average molecular weight is 382 g/mol. The summed E-state index contributed by atoms with van der Waals surface area (Å²) in [6.45, 7) is 12.2. The smallest absolute Gasteiger partial charge is 0.486 e. The lowest BCUT2D eigenvalue weighted by atomic mass is 9.75. The predicted octanol–water partition coefficient (Wildman–Crippen LogP) is 4.81. The van der Waals surface area contributed by atoms with Crippen LogP contribution in [0.5, 0.6) is 5.75 Å². The number of hydrogen-bond acceptors (Lipinski definition) is 3. The molecule has 28 heavy (non-hydrogen) atoms. The maximum Gasteiger partial charge on any atom is 0.495 e. The number of halogens is 1. The highest BCUT2D eigenvalue weighted by molar-refractivity contribution is 6.62. The molecule has 1 aliphatic carbocycles. The number of fused-ring (bicyclic) bond motifs is 1. The molecule has 2 aromatic rings. The SMILES string of the molecule is Cc1ccc(OC2CCc3c(B4OC(C)(C)C(C)(C)O4)ccc(F)c32)cc1C. The Hall–Kier alpha value is -1.85. The molecule has 0 saturated carbocycles. The third-order valence-electron chi connectivity index (χ3n) is 6.58. The van der Waals surface area contributed by atoms with Gasteiger partial charge in [-0.05, 0) is 94.7 Å². The Morgan fingerprint density at radius 3 is 2.32 bits per heavy atom. The summed E-state index contributed by atoms with van der Waals surface area (Å²) >= 11 is 0. The molecule has 0 amide bonds. The van der Waals surface area contributed by atoms with Crippen molar-refractivity contribution in [3.63, 3.8) is 0 Å². The van der Waals surface area contributed by atoms with Crippen LogP contribution in [0.2, 0.25) is 0 Å². The van der Waals surface area contributed by atoms with Gasteiger partial charge in [0.25, 0.3) is 0 Å². The van der Waals surface area contributed by atoms with Crippen LogP contribution in [0.3, 0.4) is 0 Å². The molecule has 1 saturated heterocycles. The lowest BCUT2D eigenvalue weighted by Gasteiger charge is -2.32. The van der Waals surface area contributed by atoms with Crippen molar-refractivity contribution in [3.05, 3.63) is 58.4 Å². The van der Waals surface area contributed by atoms with Gasteiger partial charge in [0.05, 0.1) is 11.2 Å². The third-order valence-corrected chi connectivity index (χ3v) is 6.58. The van der Waals surface area contributed by atoms with E-state index in [9.17, 15) is 4.39 Å². The Bertz CT molecular complexity index is 906. The topological polar surface area (TPSA) is 27.7 Å². The minimum atomic E-state index is -0.486. The van der Waals surface area contributed by atoms with E-state index in [0.717, 1.165) is 29.6 Å². The van der Waals surface area contributed by atoms with E-state index in [-0.39, 0.29) is 11.9 Å². The first kappa shape index (κ1) is 19.5. The molecule has 1 fully saturated rings. The minimum absolute atomic E-state index is 0.221. The quantitative estimate of drug-likeness (QED) is 0.714. The van der Waals surface area contributed by atoms with Crippen LogP contribution >= 0.6 is 0 Å². The second-order valence-electron chi connectivity index (χ2n) is 9.01. The van der Waals surface area contributed by atoms with Crippen LogP contribution in [-0.2, 0) is 15.7 Å². The zero-order valence-corrected chi connectivity index (χ0v) is 17.6. The molecule has 2 aliphatic rings. The first-order valence-corrected chi connectivity index (χ1v) is 10.00. The summed E-state index contributed by atoms with van der Waals surface area (Å²) in [6.07, 6.45) is 1.21. The summed E-state index contributed by atoms with van der Waals surface area (Å²) in [5, 5.41) is 0. The number of ether oxygens (including phenoxy) is 1. The molecule has 1 unspecified atom stereocenters. The van der Waals surface area contributed by atoms with Crippen LogP contribution in [0, 0.1) is 19.7 Å². The van der Waals surface area contributed by atoms with E-state index in [1.807, 2.05) is 45.9 Å². The van der Waals surface area contributed by atoms with Gasteiger partial charge in [0.2, 0.25) is 0 Å². The summed E-state index contributed by atoms with van der Waals surface area (Å²) in [5.41, 5.74) is 4.06. The highest BCUT2D eigenvalue weighted by Crippen LogP contribution is 2.40. The monoisotopic (exact) mass is 382 g/mol. The van der Waals surface area contributed by atoms with Crippen molar-refractivity contribution in [2.45, 2.75) is 71.7 Å². The van der Waals surface area contributed by atoms with Crippen molar-refractivity contribution in [2.75, 3.05) is 0 Å². The molecule has 0 spiro atoms. The fourth-order valence-electron chi connectivity index (χ4n) is 3.96. The number of rotatable bonds is 3. The Labute approximate surface area is 167 Å². The molecular formula is C23H28BFO3. The van der Waals surface area contributed by atoms with E-state index in [1.54, 1.807) is 6.07 Å². The van der Waals surface area contributed by atoms with Crippen molar-refractivity contribution in [2.24, 2.45) is 0 Å². The lowest BCUT2D eigenvalue weighted by Crippen LogP contribution is -2.41. The molecule has 0 bridgehead atoms. The van der Waals surface area contributed by atoms with E-state index in [0.29, 0.717) is 5.56 Å². The molecule has 0 N–H and O–H groups in total. The van der Waals surface area contributed by atoms with Crippen LogP contribution in [0.4, 0.5) is 4.39 Å². The summed E-state index contributed by atoms with van der Waals surface area (Å²) in [4.78, 5) is 0. The summed E-state index contributed by atoms with van der Waals surface area (Å²) in [6, 6.07) is 9.33. The standard InChI is InChI=1S/C23H28BFO3/c1-14-7-8-16(13-15(14)2)26-20-12-9-17-18(10-11-19(25)21(17)20)24-27-22(3,4)23(5,6)28-24/h7-8,10-11,13,20H,9,12H2,1-6H3. The Kier molecular flexibility index (Phi) is 4.59. The molecule has 0 radical (unpaired) electrons. The average Bonchev–Trinajstić information content (AvgIpc) is 3.10. The van der Waals surface area contributed by atoms with Crippen molar-refractivity contribution in [1.29, 1.82) is 0 Å². The molecule has 0 aromatic heterocycles. The van der Waals surface area contributed by atoms with Gasteiger partial charge in [-0.25, -0.2) is 4.39 Å². The van der Waals surface area contributed by atoms with Crippen molar-refractivity contribution in [3.8, 4) is 5.75 Å². The molecule has 5 heteroatoms. The third kappa shape index (κ3) is 3.15. The van der Waals surface area contributed by atoms with Crippen molar-refractivity contribution in [1.82, 2.24) is 0 Å². The summed E-state index contributed by atoms with van der Waals surface area (Å²) < 4.78 is 33.4. The number of aryl methyl sites for hydroxylation is 2. The van der Waals surface area contributed by atoms with Gasteiger partial charge in [-0.1, -0.05) is 12.1 Å².